The van der Waals surface area contributed by atoms with Crippen molar-refractivity contribution in [3.05, 3.63) is 47.9 Å². The molecule has 2 aromatic rings. The summed E-state index contributed by atoms with van der Waals surface area (Å²) in [5.74, 6) is -1.37. The predicted octanol–water partition coefficient (Wildman–Crippen LogP) is 2.61. The lowest BCUT2D eigenvalue weighted by molar-refractivity contribution is -0.130. The Labute approximate surface area is 97.9 Å². The van der Waals surface area contributed by atoms with Crippen LogP contribution in [0.15, 0.2) is 42.3 Å². The number of carbonyl (C=O) groups is 1. The van der Waals surface area contributed by atoms with E-state index in [1.54, 1.807) is 24.3 Å². The van der Waals surface area contributed by atoms with E-state index >= 15 is 0 Å². The third-order valence-electron chi connectivity index (χ3n) is 2.49. The third-order valence-corrected chi connectivity index (χ3v) is 2.49. The Bertz CT molecular complexity index is 608. The maximum atomic E-state index is 11.1. The van der Waals surface area contributed by atoms with Gasteiger partial charge in [-0.3, -0.25) is 4.98 Å². The highest BCUT2D eigenvalue weighted by Gasteiger charge is 2.16. The Kier molecular flexibility index (Phi) is 2.78. The van der Waals surface area contributed by atoms with Crippen LogP contribution in [0.3, 0.4) is 0 Å². The van der Waals surface area contributed by atoms with Crippen LogP contribution in [0.25, 0.3) is 16.5 Å². The number of aliphatic carboxylic acids is 1. The van der Waals surface area contributed by atoms with Crippen molar-refractivity contribution in [2.75, 3.05) is 0 Å². The topological polar surface area (TPSA) is 70.4 Å². The fourth-order valence-electron chi connectivity index (χ4n) is 1.78. The maximum absolute atomic E-state index is 11.1. The number of carboxylic acid groups (broad SMARTS) is 1. The number of para-hydroxylation sites is 1. The van der Waals surface area contributed by atoms with E-state index in [-0.39, 0.29) is 11.3 Å². The van der Waals surface area contributed by atoms with Crippen LogP contribution >= 0.6 is 0 Å². The zero-order valence-corrected chi connectivity index (χ0v) is 9.21. The monoisotopic (exact) mass is 229 g/mol. The average molecular weight is 229 g/mol. The molecule has 17 heavy (non-hydrogen) atoms. The van der Waals surface area contributed by atoms with Gasteiger partial charge in [-0.2, -0.15) is 0 Å². The van der Waals surface area contributed by atoms with Crippen molar-refractivity contribution < 1.29 is 15.0 Å². The number of hydrogen-bond acceptors (Lipinski definition) is 3. The van der Waals surface area contributed by atoms with E-state index in [0.717, 1.165) is 0 Å². The van der Waals surface area contributed by atoms with Gasteiger partial charge < -0.3 is 10.2 Å². The van der Waals surface area contributed by atoms with Gasteiger partial charge in [-0.15, -0.1) is 0 Å². The largest absolute Gasteiger partial charge is 0.512 e. The Balaban J connectivity index is 2.79. The van der Waals surface area contributed by atoms with Crippen LogP contribution in [0.1, 0.15) is 12.5 Å². The van der Waals surface area contributed by atoms with Crippen molar-refractivity contribution >= 4 is 22.4 Å². The summed E-state index contributed by atoms with van der Waals surface area (Å²) in [6, 6.07) is 8.80. The molecule has 2 N–H and O–H groups in total. The van der Waals surface area contributed by atoms with Gasteiger partial charge >= 0.3 is 5.97 Å². The van der Waals surface area contributed by atoms with Gasteiger partial charge in [0.25, 0.3) is 0 Å². The highest BCUT2D eigenvalue weighted by molar-refractivity contribution is 6.19. The molecule has 4 heteroatoms. The second kappa shape index (κ2) is 4.25. The second-order valence-corrected chi connectivity index (χ2v) is 3.64. The molecule has 0 aliphatic carbocycles. The summed E-state index contributed by atoms with van der Waals surface area (Å²) in [5, 5.41) is 19.3. The average Bonchev–Trinajstić information content (AvgIpc) is 2.28. The summed E-state index contributed by atoms with van der Waals surface area (Å²) in [5.41, 5.74) is 1.08. The SMILES string of the molecule is CC(O)=C(C(=O)O)c1ccnc2ccccc12. The quantitative estimate of drug-likeness (QED) is 0.613. The molecule has 0 aliphatic heterocycles. The number of rotatable bonds is 2. The first kappa shape index (κ1) is 11.1. The van der Waals surface area contributed by atoms with E-state index in [1.165, 1.54) is 13.1 Å². The highest BCUT2D eigenvalue weighted by atomic mass is 16.4. The van der Waals surface area contributed by atoms with Crippen LogP contribution in [-0.4, -0.2) is 21.2 Å². The Morgan fingerprint density at radius 2 is 1.88 bits per heavy atom. The second-order valence-electron chi connectivity index (χ2n) is 3.64. The lowest BCUT2D eigenvalue weighted by Gasteiger charge is -2.07. The molecule has 0 atom stereocenters. The summed E-state index contributed by atoms with van der Waals surface area (Å²) < 4.78 is 0. The molecule has 1 aromatic heterocycles. The van der Waals surface area contributed by atoms with Crippen LogP contribution in [0, 0.1) is 0 Å². The number of aliphatic hydroxyl groups excluding tert-OH is 1. The van der Waals surface area contributed by atoms with Crippen LogP contribution in [0.4, 0.5) is 0 Å². The summed E-state index contributed by atoms with van der Waals surface area (Å²) >= 11 is 0. The fraction of sp³-hybridized carbons (Fsp3) is 0.0769. The van der Waals surface area contributed by atoms with E-state index in [2.05, 4.69) is 4.98 Å². The lowest BCUT2D eigenvalue weighted by Crippen LogP contribution is -2.03. The van der Waals surface area contributed by atoms with Gasteiger partial charge in [0.05, 0.1) is 5.52 Å². The molecule has 0 saturated heterocycles. The van der Waals surface area contributed by atoms with Gasteiger partial charge in [-0.25, -0.2) is 4.79 Å². The summed E-state index contributed by atoms with van der Waals surface area (Å²) in [6.07, 6.45) is 1.53. The summed E-state index contributed by atoms with van der Waals surface area (Å²) in [7, 11) is 0. The Hall–Kier alpha value is -2.36. The standard InChI is InChI=1S/C13H11NO3/c1-8(15)12(13(16)17)10-6-7-14-11-5-3-2-4-9(10)11/h2-7,15H,1H3,(H,16,17). The molecule has 0 radical (unpaired) electrons. The van der Waals surface area contributed by atoms with Crippen molar-refractivity contribution in [2.24, 2.45) is 0 Å². The van der Waals surface area contributed by atoms with Crippen LogP contribution in [0.5, 0.6) is 0 Å². The highest BCUT2D eigenvalue weighted by Crippen LogP contribution is 2.25. The molecule has 0 saturated carbocycles. The number of hydrogen-bond donors (Lipinski definition) is 2. The number of aromatic nitrogens is 1. The zero-order chi connectivity index (χ0) is 12.4. The first-order chi connectivity index (χ1) is 8.11. The van der Waals surface area contributed by atoms with Crippen molar-refractivity contribution in [1.82, 2.24) is 4.98 Å². The Morgan fingerprint density at radius 1 is 1.18 bits per heavy atom. The van der Waals surface area contributed by atoms with Crippen molar-refractivity contribution in [1.29, 1.82) is 0 Å². The van der Waals surface area contributed by atoms with E-state index in [9.17, 15) is 9.90 Å². The molecule has 2 rings (SSSR count). The summed E-state index contributed by atoms with van der Waals surface area (Å²) in [6.45, 7) is 1.36. The molecule has 0 spiro atoms. The molecule has 86 valence electrons. The van der Waals surface area contributed by atoms with Gasteiger partial charge in [-0.05, 0) is 19.1 Å². The minimum atomic E-state index is -1.15. The predicted molar refractivity (Wildman–Crippen MR) is 64.6 cm³/mol. The normalized spacial score (nSPS) is 12.3. The lowest BCUT2D eigenvalue weighted by atomic mass is 10.0. The number of fused-ring (bicyclic) bond motifs is 1. The smallest absolute Gasteiger partial charge is 0.339 e. The van der Waals surface area contributed by atoms with Gasteiger partial charge in [0, 0.05) is 17.1 Å². The van der Waals surface area contributed by atoms with Gasteiger partial charge in [0.1, 0.15) is 11.3 Å². The van der Waals surface area contributed by atoms with Crippen LogP contribution in [-0.2, 0) is 4.79 Å². The number of nitrogens with zero attached hydrogens (tertiary/aromatic N) is 1. The fourth-order valence-corrected chi connectivity index (χ4v) is 1.78. The molecule has 1 heterocycles. The first-order valence-electron chi connectivity index (χ1n) is 5.08. The molecule has 4 nitrogen and oxygen atoms in total. The summed E-state index contributed by atoms with van der Waals surface area (Å²) in [4.78, 5) is 15.3. The van der Waals surface area contributed by atoms with Crippen molar-refractivity contribution in [2.45, 2.75) is 6.92 Å². The third kappa shape index (κ3) is 1.97. The molecule has 0 fully saturated rings. The number of allylic oxidation sites excluding steroid dienone is 1. The number of benzene rings is 1. The van der Waals surface area contributed by atoms with E-state index < -0.39 is 5.97 Å². The van der Waals surface area contributed by atoms with E-state index in [4.69, 9.17) is 5.11 Å². The molecule has 0 unspecified atom stereocenters. The minimum Gasteiger partial charge on any atom is -0.512 e. The van der Waals surface area contributed by atoms with Crippen LogP contribution in [0.2, 0.25) is 0 Å². The maximum Gasteiger partial charge on any atom is 0.339 e. The van der Waals surface area contributed by atoms with E-state index in [1.807, 2.05) is 6.07 Å². The first-order valence-corrected chi connectivity index (χ1v) is 5.08. The van der Waals surface area contributed by atoms with Crippen LogP contribution < -0.4 is 0 Å². The Morgan fingerprint density at radius 3 is 2.53 bits per heavy atom. The molecular formula is C13H11NO3. The van der Waals surface area contributed by atoms with Crippen molar-refractivity contribution in [3.63, 3.8) is 0 Å². The molecule has 0 bridgehead atoms. The van der Waals surface area contributed by atoms with Crippen molar-refractivity contribution in [3.8, 4) is 0 Å². The molecular weight excluding hydrogens is 218 g/mol. The molecule has 0 aliphatic rings. The number of aliphatic hydroxyl groups is 1. The zero-order valence-electron chi connectivity index (χ0n) is 9.21. The van der Waals surface area contributed by atoms with Gasteiger partial charge in [0.15, 0.2) is 0 Å². The number of pyridine rings is 1. The number of carboxylic acids is 1. The van der Waals surface area contributed by atoms with Gasteiger partial charge in [-0.1, -0.05) is 18.2 Å². The molecule has 1 aromatic carbocycles. The van der Waals surface area contributed by atoms with E-state index in [0.29, 0.717) is 16.5 Å². The van der Waals surface area contributed by atoms with Gasteiger partial charge in [0.2, 0.25) is 0 Å². The molecule has 0 amide bonds. The minimum absolute atomic E-state index is 0.0939.